The first-order valence-corrected chi connectivity index (χ1v) is 14.3. The highest BCUT2D eigenvalue weighted by atomic mass is 35.5. The van der Waals surface area contributed by atoms with E-state index in [9.17, 15) is 19.5 Å². The van der Waals surface area contributed by atoms with Crippen molar-refractivity contribution >= 4 is 29.4 Å². The van der Waals surface area contributed by atoms with E-state index in [1.54, 1.807) is 63.2 Å². The molecule has 1 amide bonds. The molecule has 10 nitrogen and oxygen atoms in total. The molecule has 6 N–H and O–H groups in total. The molecule has 0 spiro atoms. The van der Waals surface area contributed by atoms with Gasteiger partial charge in [0.1, 0.15) is 18.0 Å². The zero-order valence-corrected chi connectivity index (χ0v) is 25.9. The highest BCUT2D eigenvalue weighted by molar-refractivity contribution is 6.32. The summed E-state index contributed by atoms with van der Waals surface area (Å²) in [5.74, 6) is -1.38. The molecule has 0 aliphatic carbocycles. The van der Waals surface area contributed by atoms with Crippen LogP contribution in [0.5, 0.6) is 5.75 Å². The third kappa shape index (κ3) is 10.3. The van der Waals surface area contributed by atoms with Crippen LogP contribution in [0.4, 0.5) is 0 Å². The minimum Gasteiger partial charge on any atom is -0.495 e. The van der Waals surface area contributed by atoms with Crippen LogP contribution in [0.1, 0.15) is 63.8 Å². The number of benzene rings is 2. The van der Waals surface area contributed by atoms with Crippen molar-refractivity contribution in [3.8, 4) is 5.75 Å². The summed E-state index contributed by atoms with van der Waals surface area (Å²) in [7, 11) is 1.51. The number of aliphatic hydroxyl groups is 1. The standard InChI is InChI=1S/C31H44ClN3O7/c1-18(2)13-26(29(38)41-19(3)27(36)22-10-7-20(16-33)8-11-22)42-30(39)31(4,5)17-35-28(37)24(34)15-21-9-12-25(40-6)23(32)14-21/h7-12,14,18-19,24,26-27,36H,13,15-17,33-34H2,1-6H3,(H,35,37)/t19?,24-,26+,27?/m1/s1. The van der Waals surface area contributed by atoms with E-state index in [1.165, 1.54) is 7.11 Å². The van der Waals surface area contributed by atoms with Crippen molar-refractivity contribution in [3.63, 3.8) is 0 Å². The Bertz CT molecular complexity index is 1200. The number of rotatable bonds is 15. The van der Waals surface area contributed by atoms with Crippen LogP contribution in [-0.4, -0.2) is 54.9 Å². The van der Waals surface area contributed by atoms with Crippen molar-refractivity contribution in [2.24, 2.45) is 22.8 Å². The van der Waals surface area contributed by atoms with Gasteiger partial charge in [-0.2, -0.15) is 0 Å². The minimum atomic E-state index is -1.19. The fraction of sp³-hybridized carbons (Fsp3) is 0.516. The first-order valence-electron chi connectivity index (χ1n) is 13.9. The van der Waals surface area contributed by atoms with E-state index in [4.69, 9.17) is 37.3 Å². The average Bonchev–Trinajstić information content (AvgIpc) is 2.94. The maximum absolute atomic E-state index is 13.1. The predicted molar refractivity (Wildman–Crippen MR) is 161 cm³/mol. The number of hydrogen-bond donors (Lipinski definition) is 4. The number of hydrogen-bond acceptors (Lipinski definition) is 9. The molecule has 2 unspecified atom stereocenters. The SMILES string of the molecule is COc1ccc(C[C@@H](N)C(=O)NCC(C)(C)C(=O)O[C@@H](CC(C)C)C(=O)OC(C)C(O)c2ccc(CN)cc2)cc1Cl. The van der Waals surface area contributed by atoms with E-state index in [1.807, 2.05) is 13.8 Å². The molecule has 0 aliphatic heterocycles. The van der Waals surface area contributed by atoms with Gasteiger partial charge in [0.25, 0.3) is 0 Å². The zero-order valence-electron chi connectivity index (χ0n) is 25.2. The predicted octanol–water partition coefficient (Wildman–Crippen LogP) is 3.44. The van der Waals surface area contributed by atoms with Crippen molar-refractivity contribution in [1.29, 1.82) is 0 Å². The van der Waals surface area contributed by atoms with Crippen molar-refractivity contribution in [1.82, 2.24) is 5.32 Å². The molecule has 11 heteroatoms. The van der Waals surface area contributed by atoms with Gasteiger partial charge in [0.2, 0.25) is 5.91 Å². The molecule has 0 saturated carbocycles. The molecule has 0 radical (unpaired) electrons. The van der Waals surface area contributed by atoms with Gasteiger partial charge >= 0.3 is 11.9 Å². The molecule has 0 heterocycles. The van der Waals surface area contributed by atoms with Crippen molar-refractivity contribution in [2.45, 2.75) is 78.4 Å². The number of carbonyl (C=O) groups excluding carboxylic acids is 3. The van der Waals surface area contributed by atoms with E-state index in [0.29, 0.717) is 22.9 Å². The number of esters is 2. The fourth-order valence-corrected chi connectivity index (χ4v) is 4.33. The van der Waals surface area contributed by atoms with E-state index >= 15 is 0 Å². The van der Waals surface area contributed by atoms with Crippen LogP contribution < -0.4 is 21.5 Å². The molecule has 0 fully saturated rings. The monoisotopic (exact) mass is 605 g/mol. The summed E-state index contributed by atoms with van der Waals surface area (Å²) < 4.78 is 16.3. The number of halogens is 1. The van der Waals surface area contributed by atoms with Gasteiger partial charge in [0.05, 0.1) is 23.6 Å². The normalized spacial score (nSPS) is 14.5. The first-order chi connectivity index (χ1) is 19.7. The van der Waals surface area contributed by atoms with Crippen LogP contribution in [-0.2, 0) is 36.8 Å². The summed E-state index contributed by atoms with van der Waals surface area (Å²) in [6, 6.07) is 11.3. The molecule has 2 aromatic carbocycles. The molecule has 42 heavy (non-hydrogen) atoms. The fourth-order valence-electron chi connectivity index (χ4n) is 4.05. The highest BCUT2D eigenvalue weighted by Crippen LogP contribution is 2.26. The van der Waals surface area contributed by atoms with Gasteiger partial charge < -0.3 is 36.1 Å². The van der Waals surface area contributed by atoms with Gasteiger partial charge in [-0.1, -0.05) is 55.8 Å². The molecule has 0 bridgehead atoms. The van der Waals surface area contributed by atoms with Crippen LogP contribution in [0, 0.1) is 11.3 Å². The summed E-state index contributed by atoms with van der Waals surface area (Å²) >= 11 is 6.16. The highest BCUT2D eigenvalue weighted by Gasteiger charge is 2.36. The van der Waals surface area contributed by atoms with Gasteiger partial charge in [-0.15, -0.1) is 0 Å². The molecule has 0 saturated heterocycles. The van der Waals surface area contributed by atoms with Gasteiger partial charge in [-0.3, -0.25) is 9.59 Å². The number of ether oxygens (including phenoxy) is 3. The van der Waals surface area contributed by atoms with Crippen LogP contribution in [0.15, 0.2) is 42.5 Å². The van der Waals surface area contributed by atoms with Crippen LogP contribution >= 0.6 is 11.6 Å². The Balaban J connectivity index is 1.98. The Labute approximate surface area is 253 Å². The number of aliphatic hydroxyl groups excluding tert-OH is 1. The van der Waals surface area contributed by atoms with Gasteiger partial charge in [0, 0.05) is 13.1 Å². The first kappa shape index (κ1) is 35.0. The number of methoxy groups -OCH3 is 1. The quantitative estimate of drug-likeness (QED) is 0.223. The summed E-state index contributed by atoms with van der Waals surface area (Å²) in [6.45, 7) is 8.83. The molecule has 0 aliphatic rings. The zero-order chi connectivity index (χ0) is 31.6. The Morgan fingerprint density at radius 2 is 1.64 bits per heavy atom. The largest absolute Gasteiger partial charge is 0.495 e. The second-order valence-electron chi connectivity index (χ2n) is 11.4. The van der Waals surface area contributed by atoms with Crippen molar-refractivity contribution in [3.05, 3.63) is 64.2 Å². The minimum absolute atomic E-state index is 0.00616. The van der Waals surface area contributed by atoms with E-state index in [-0.39, 0.29) is 25.3 Å². The average molecular weight is 606 g/mol. The molecular weight excluding hydrogens is 562 g/mol. The summed E-state index contributed by atoms with van der Waals surface area (Å²) in [4.78, 5) is 38.9. The maximum Gasteiger partial charge on any atom is 0.347 e. The lowest BCUT2D eigenvalue weighted by molar-refractivity contribution is -0.180. The molecule has 232 valence electrons. The Morgan fingerprint density at radius 1 is 1.02 bits per heavy atom. The second-order valence-corrected chi connectivity index (χ2v) is 11.8. The molecular formula is C31H44ClN3O7. The van der Waals surface area contributed by atoms with Gasteiger partial charge in [-0.25, -0.2) is 4.79 Å². The number of nitrogens with one attached hydrogen (secondary N) is 1. The third-order valence-electron chi connectivity index (χ3n) is 6.77. The number of nitrogens with two attached hydrogens (primary N) is 2. The second kappa shape index (κ2) is 15.9. The molecule has 4 atom stereocenters. The van der Waals surface area contributed by atoms with E-state index in [0.717, 1.165) is 11.1 Å². The molecule has 2 rings (SSSR count). The van der Waals surface area contributed by atoms with Crippen LogP contribution in [0.25, 0.3) is 0 Å². The topological polar surface area (TPSA) is 163 Å². The number of carbonyl (C=O) groups is 3. The van der Waals surface area contributed by atoms with Gasteiger partial charge in [0.15, 0.2) is 6.10 Å². The van der Waals surface area contributed by atoms with E-state index < -0.39 is 47.6 Å². The Morgan fingerprint density at radius 3 is 2.19 bits per heavy atom. The Hall–Kier alpha value is -3.18. The summed E-state index contributed by atoms with van der Waals surface area (Å²) in [5, 5.41) is 13.8. The maximum atomic E-state index is 13.1. The lowest BCUT2D eigenvalue weighted by atomic mass is 9.93. The van der Waals surface area contributed by atoms with E-state index in [2.05, 4.69) is 5.32 Å². The lowest BCUT2D eigenvalue weighted by Crippen LogP contribution is -2.48. The summed E-state index contributed by atoms with van der Waals surface area (Å²) in [5.41, 5.74) is 12.8. The molecule has 0 aromatic heterocycles. The smallest absolute Gasteiger partial charge is 0.347 e. The van der Waals surface area contributed by atoms with Gasteiger partial charge in [-0.05, 0) is 68.4 Å². The lowest BCUT2D eigenvalue weighted by Gasteiger charge is -2.28. The van der Waals surface area contributed by atoms with Crippen LogP contribution in [0.2, 0.25) is 5.02 Å². The van der Waals surface area contributed by atoms with Crippen molar-refractivity contribution in [2.75, 3.05) is 13.7 Å². The Kier molecular flexibility index (Phi) is 13.2. The molecule has 2 aromatic rings. The number of amides is 1. The van der Waals surface area contributed by atoms with Crippen LogP contribution in [0.3, 0.4) is 0 Å². The van der Waals surface area contributed by atoms with Crippen molar-refractivity contribution < 1.29 is 33.7 Å². The third-order valence-corrected chi connectivity index (χ3v) is 7.06. The summed E-state index contributed by atoms with van der Waals surface area (Å²) in [6.07, 6.45) is -2.73.